The van der Waals surface area contributed by atoms with Crippen LogP contribution in [0.2, 0.25) is 0 Å². The topological polar surface area (TPSA) is 135 Å². The number of thiazole rings is 1. The van der Waals surface area contributed by atoms with Gasteiger partial charge in [-0.05, 0) is 18.1 Å². The number of phosphoric ester groups is 1. The van der Waals surface area contributed by atoms with Crippen molar-refractivity contribution in [2.75, 3.05) is 6.67 Å². The number of nitrogens with zero attached hydrogens (tertiary/aromatic N) is 1. The minimum atomic E-state index is -5.13. The Hall–Kier alpha value is -1.82. The average Bonchev–Trinajstić information content (AvgIpc) is 3.14. The second kappa shape index (κ2) is 9.79. The molecule has 1 aromatic heterocycles. The van der Waals surface area contributed by atoms with Crippen molar-refractivity contribution in [3.63, 3.8) is 0 Å². The first-order valence-corrected chi connectivity index (χ1v) is 10.6. The molecule has 0 aliphatic rings. The molecule has 5 N–H and O–H groups in total. The van der Waals surface area contributed by atoms with E-state index >= 15 is 0 Å². The molecule has 0 aliphatic carbocycles. The predicted octanol–water partition coefficient (Wildman–Crippen LogP) is 2.70. The quantitative estimate of drug-likeness (QED) is 0.429. The van der Waals surface area contributed by atoms with Crippen LogP contribution in [0, 0.1) is 0 Å². The van der Waals surface area contributed by atoms with E-state index < -0.39 is 39.0 Å². The third-order valence-electron chi connectivity index (χ3n) is 3.75. The first kappa shape index (κ1) is 23.5. The molecule has 8 nitrogen and oxygen atoms in total. The van der Waals surface area contributed by atoms with Gasteiger partial charge in [-0.25, -0.2) is 13.9 Å². The van der Waals surface area contributed by atoms with Gasteiger partial charge in [0.15, 0.2) is 0 Å². The van der Waals surface area contributed by atoms with Gasteiger partial charge in [-0.1, -0.05) is 24.3 Å². The molecule has 2 rings (SSSR count). The Bertz CT molecular complexity index is 875. The molecule has 1 amide bonds. The highest BCUT2D eigenvalue weighted by molar-refractivity contribution is 7.46. The summed E-state index contributed by atoms with van der Waals surface area (Å²) in [6, 6.07) is 3.92. The van der Waals surface area contributed by atoms with Crippen LogP contribution in [0.15, 0.2) is 30.5 Å². The summed E-state index contributed by atoms with van der Waals surface area (Å²) in [5, 5.41) is 2.40. The highest BCUT2D eigenvalue weighted by atomic mass is 32.1. The lowest BCUT2D eigenvalue weighted by atomic mass is 10.0. The van der Waals surface area contributed by atoms with Crippen LogP contribution >= 0.6 is 19.2 Å². The van der Waals surface area contributed by atoms with Crippen molar-refractivity contribution < 1.29 is 36.8 Å². The zero-order chi connectivity index (χ0) is 21.8. The highest BCUT2D eigenvalue weighted by Crippen LogP contribution is 2.44. The fourth-order valence-corrected chi connectivity index (χ4v) is 3.86. The van der Waals surface area contributed by atoms with Gasteiger partial charge in [-0.2, -0.15) is 8.78 Å². The lowest BCUT2D eigenvalue weighted by molar-refractivity contribution is -0.133. The van der Waals surface area contributed by atoms with Crippen LogP contribution in [0.4, 0.5) is 13.2 Å². The Balaban J connectivity index is 2.32. The van der Waals surface area contributed by atoms with Crippen molar-refractivity contribution >= 4 is 25.1 Å². The number of carbonyl (C=O) groups excluding carboxylic acids is 1. The molecule has 13 heteroatoms. The molecule has 1 heterocycles. The number of halogens is 3. The molecule has 0 saturated heterocycles. The molecule has 0 saturated carbocycles. The van der Waals surface area contributed by atoms with E-state index in [1.54, 1.807) is 30.6 Å². The Labute approximate surface area is 168 Å². The Kier molecular flexibility index (Phi) is 7.92. The molecule has 3 atom stereocenters. The van der Waals surface area contributed by atoms with Gasteiger partial charge in [0.1, 0.15) is 17.8 Å². The summed E-state index contributed by atoms with van der Waals surface area (Å²) in [5.41, 5.74) is 6.54. The first-order chi connectivity index (χ1) is 13.5. The van der Waals surface area contributed by atoms with Gasteiger partial charge >= 0.3 is 14.2 Å². The van der Waals surface area contributed by atoms with Crippen LogP contribution in [-0.4, -0.2) is 39.8 Å². The van der Waals surface area contributed by atoms with Crippen LogP contribution in [0.1, 0.15) is 29.6 Å². The molecule has 0 aliphatic heterocycles. The molecule has 160 valence electrons. The molecule has 3 unspecified atom stereocenters. The number of hydrogen-bond donors (Lipinski definition) is 4. The lowest BCUT2D eigenvalue weighted by Gasteiger charge is -2.26. The number of rotatable bonds is 9. The van der Waals surface area contributed by atoms with E-state index in [9.17, 15) is 22.5 Å². The Morgan fingerprint density at radius 2 is 1.97 bits per heavy atom. The largest absolute Gasteiger partial charge is 0.470 e. The van der Waals surface area contributed by atoms with Crippen molar-refractivity contribution in [1.29, 1.82) is 0 Å². The fourth-order valence-electron chi connectivity index (χ4n) is 2.42. The van der Waals surface area contributed by atoms with Gasteiger partial charge in [-0.15, -0.1) is 11.3 Å². The number of nitrogens with one attached hydrogen (secondary N) is 1. The summed E-state index contributed by atoms with van der Waals surface area (Å²) in [7, 11) is -5.13. The van der Waals surface area contributed by atoms with E-state index in [4.69, 9.17) is 15.5 Å². The number of alkyl halides is 3. The number of amides is 1. The van der Waals surface area contributed by atoms with Gasteiger partial charge in [0.25, 0.3) is 5.91 Å². The van der Waals surface area contributed by atoms with Crippen LogP contribution in [-0.2, 0) is 13.9 Å². The zero-order valence-electron chi connectivity index (χ0n) is 15.0. The van der Waals surface area contributed by atoms with Crippen molar-refractivity contribution in [3.8, 4) is 10.4 Å². The minimum absolute atomic E-state index is 0.0752. The standard InChI is InChI=1S/C16H19F3N3O5PS/c1-8(20)16-21-7-12(29-16)9-2-4-10(5-3-9)13(27-28(24,25)26)11(6-17)22-15(23)14(18)19/h2-5,7-8,11,13-14H,6,20H2,1H3,(H,22,23)(H2,24,25,26). The summed E-state index contributed by atoms with van der Waals surface area (Å²) in [6.07, 6.45) is -3.51. The molecule has 0 spiro atoms. The second-order valence-corrected chi connectivity index (χ2v) is 8.31. The molecule has 0 fully saturated rings. The molecule has 2 aromatic rings. The zero-order valence-corrected chi connectivity index (χ0v) is 16.7. The summed E-state index contributed by atoms with van der Waals surface area (Å²) in [5.74, 6) is -1.78. The van der Waals surface area contributed by atoms with Crippen LogP contribution in [0.5, 0.6) is 0 Å². The maximum absolute atomic E-state index is 13.4. The number of nitrogens with two attached hydrogens (primary N) is 1. The van der Waals surface area contributed by atoms with Crippen LogP contribution < -0.4 is 11.1 Å². The third-order valence-corrected chi connectivity index (χ3v) is 5.49. The first-order valence-electron chi connectivity index (χ1n) is 8.22. The summed E-state index contributed by atoms with van der Waals surface area (Å²) >= 11 is 1.35. The smallest absolute Gasteiger partial charge is 0.343 e. The number of aromatic nitrogens is 1. The number of carbonyl (C=O) groups is 1. The van der Waals surface area contributed by atoms with E-state index in [0.717, 1.165) is 4.88 Å². The van der Waals surface area contributed by atoms with Crippen molar-refractivity contribution in [1.82, 2.24) is 10.3 Å². The fraction of sp³-hybridized carbons (Fsp3) is 0.375. The Morgan fingerprint density at radius 3 is 2.41 bits per heavy atom. The average molecular weight is 453 g/mol. The van der Waals surface area contributed by atoms with E-state index in [0.29, 0.717) is 10.6 Å². The summed E-state index contributed by atoms with van der Waals surface area (Å²) in [6.45, 7) is 0.387. The maximum atomic E-state index is 13.4. The molecule has 1 aromatic carbocycles. The van der Waals surface area contributed by atoms with Crippen molar-refractivity contribution in [2.24, 2.45) is 5.73 Å². The number of hydrogen-bond acceptors (Lipinski definition) is 6. The number of benzene rings is 1. The normalized spacial score (nSPS) is 15.2. The van der Waals surface area contributed by atoms with Gasteiger partial charge in [0.2, 0.25) is 0 Å². The molecule has 0 radical (unpaired) electrons. The van der Waals surface area contributed by atoms with Crippen molar-refractivity contribution in [3.05, 3.63) is 41.0 Å². The van der Waals surface area contributed by atoms with E-state index in [1.807, 2.05) is 0 Å². The highest BCUT2D eigenvalue weighted by Gasteiger charge is 2.33. The van der Waals surface area contributed by atoms with Crippen LogP contribution in [0.3, 0.4) is 0 Å². The number of phosphoric acid groups is 1. The van der Waals surface area contributed by atoms with Gasteiger partial charge in [-0.3, -0.25) is 9.32 Å². The summed E-state index contributed by atoms with van der Waals surface area (Å²) < 4.78 is 54.2. The molecule has 0 bridgehead atoms. The monoisotopic (exact) mass is 453 g/mol. The molecular weight excluding hydrogens is 434 g/mol. The minimum Gasteiger partial charge on any atom is -0.343 e. The van der Waals surface area contributed by atoms with E-state index in [2.05, 4.69) is 9.51 Å². The molecular formula is C16H19F3N3O5PS. The lowest BCUT2D eigenvalue weighted by Crippen LogP contribution is -2.44. The van der Waals surface area contributed by atoms with Gasteiger partial charge in [0, 0.05) is 6.20 Å². The third kappa shape index (κ3) is 6.59. The van der Waals surface area contributed by atoms with Gasteiger partial charge < -0.3 is 20.8 Å². The second-order valence-electron chi connectivity index (χ2n) is 6.06. The Morgan fingerprint density at radius 1 is 1.34 bits per heavy atom. The SMILES string of the molecule is CC(N)c1ncc(-c2ccc(C(OP(=O)(O)O)C(CF)NC(=O)C(F)F)cc2)s1. The predicted molar refractivity (Wildman–Crippen MR) is 99.9 cm³/mol. The van der Waals surface area contributed by atoms with E-state index in [-0.39, 0.29) is 11.6 Å². The summed E-state index contributed by atoms with van der Waals surface area (Å²) in [4.78, 5) is 34.4. The maximum Gasteiger partial charge on any atom is 0.470 e. The van der Waals surface area contributed by atoms with Crippen LogP contribution in [0.25, 0.3) is 10.4 Å². The van der Waals surface area contributed by atoms with Crippen molar-refractivity contribution in [2.45, 2.75) is 31.5 Å². The molecule has 29 heavy (non-hydrogen) atoms. The van der Waals surface area contributed by atoms with Gasteiger partial charge in [0.05, 0.1) is 17.0 Å². The van der Waals surface area contributed by atoms with E-state index in [1.165, 1.54) is 23.5 Å².